The van der Waals surface area contributed by atoms with E-state index in [2.05, 4.69) is 4.74 Å². The largest absolute Gasteiger partial charge is 0.452 e. The van der Waals surface area contributed by atoms with Crippen molar-refractivity contribution in [2.45, 2.75) is 25.4 Å². The lowest BCUT2D eigenvalue weighted by molar-refractivity contribution is -0.118. The number of primary amides is 1. The van der Waals surface area contributed by atoms with Crippen LogP contribution in [0.4, 0.5) is 8.78 Å². The Hall–Kier alpha value is -3.14. The van der Waals surface area contributed by atoms with Crippen LogP contribution in [0.15, 0.2) is 40.8 Å². The molecule has 1 amide bonds. The molecule has 1 heterocycles. The van der Waals surface area contributed by atoms with Gasteiger partial charge < -0.3 is 14.9 Å². The highest BCUT2D eigenvalue weighted by molar-refractivity contribution is 6.09. The molecule has 3 aromatic rings. The van der Waals surface area contributed by atoms with Gasteiger partial charge in [0.05, 0.1) is 6.07 Å². The normalized spacial score (nSPS) is 12.4. The molecule has 1 unspecified atom stereocenters. The summed E-state index contributed by atoms with van der Waals surface area (Å²) < 4.78 is 35.6. The number of para-hydroxylation sites is 1. The first-order valence-corrected chi connectivity index (χ1v) is 7.55. The summed E-state index contributed by atoms with van der Waals surface area (Å²) in [5.41, 5.74) is 6.59. The van der Waals surface area contributed by atoms with Crippen LogP contribution in [0.3, 0.4) is 0 Å². The Kier molecular flexibility index (Phi) is 4.52. The molecule has 128 valence electrons. The van der Waals surface area contributed by atoms with Gasteiger partial charge in [-0.2, -0.15) is 14.0 Å². The summed E-state index contributed by atoms with van der Waals surface area (Å²) in [4.78, 5) is 11.4. The van der Waals surface area contributed by atoms with Gasteiger partial charge in [-0.15, -0.1) is 0 Å². The molecule has 0 aliphatic carbocycles. The number of nitrogens with zero attached hydrogens (tertiary/aromatic N) is 1. The highest BCUT2D eigenvalue weighted by Crippen LogP contribution is 2.41. The van der Waals surface area contributed by atoms with Gasteiger partial charge in [0, 0.05) is 29.5 Å². The van der Waals surface area contributed by atoms with Gasteiger partial charge in [-0.25, -0.2) is 0 Å². The van der Waals surface area contributed by atoms with Crippen LogP contribution in [0, 0.1) is 11.3 Å². The first kappa shape index (κ1) is 16.7. The standard InChI is InChI=1S/C18H14F2N2O3/c19-18(20)25-14-6-5-11(10(7-8-21)9-15(22)23)16-12-3-1-2-4-13(12)24-17(14)16/h1-6,10,18H,7,9H2,(H2,22,23). The molecular weight excluding hydrogens is 330 g/mol. The van der Waals surface area contributed by atoms with Crippen molar-refractivity contribution in [1.82, 2.24) is 0 Å². The first-order chi connectivity index (χ1) is 12.0. The Labute approximate surface area is 141 Å². The van der Waals surface area contributed by atoms with E-state index < -0.39 is 18.4 Å². The third-order valence-corrected chi connectivity index (χ3v) is 3.96. The van der Waals surface area contributed by atoms with E-state index in [9.17, 15) is 13.6 Å². The Morgan fingerprint density at radius 3 is 2.72 bits per heavy atom. The van der Waals surface area contributed by atoms with E-state index in [0.717, 1.165) is 0 Å². The number of fused-ring (bicyclic) bond motifs is 3. The molecule has 1 atom stereocenters. The number of ether oxygens (including phenoxy) is 1. The highest BCUT2D eigenvalue weighted by atomic mass is 19.3. The van der Waals surface area contributed by atoms with Crippen molar-refractivity contribution >= 4 is 27.8 Å². The summed E-state index contributed by atoms with van der Waals surface area (Å²) in [6.07, 6.45) is 0.0316. The van der Waals surface area contributed by atoms with Gasteiger partial charge in [0.2, 0.25) is 5.91 Å². The van der Waals surface area contributed by atoms with Gasteiger partial charge in [0.15, 0.2) is 11.3 Å². The molecule has 0 radical (unpaired) electrons. The third-order valence-electron chi connectivity index (χ3n) is 3.96. The monoisotopic (exact) mass is 344 g/mol. The smallest absolute Gasteiger partial charge is 0.387 e. The highest BCUT2D eigenvalue weighted by Gasteiger charge is 2.23. The van der Waals surface area contributed by atoms with E-state index in [0.29, 0.717) is 21.9 Å². The summed E-state index contributed by atoms with van der Waals surface area (Å²) >= 11 is 0. The molecule has 0 aliphatic rings. The van der Waals surface area contributed by atoms with Crippen LogP contribution in [-0.2, 0) is 4.79 Å². The molecule has 0 bridgehead atoms. The summed E-state index contributed by atoms with van der Waals surface area (Å²) in [7, 11) is 0. The summed E-state index contributed by atoms with van der Waals surface area (Å²) in [6, 6.07) is 12.0. The quantitative estimate of drug-likeness (QED) is 0.730. The van der Waals surface area contributed by atoms with Crippen molar-refractivity contribution in [2.24, 2.45) is 5.73 Å². The molecule has 7 heteroatoms. The van der Waals surface area contributed by atoms with Gasteiger partial charge in [0.25, 0.3) is 0 Å². The average Bonchev–Trinajstić information content (AvgIpc) is 2.94. The first-order valence-electron chi connectivity index (χ1n) is 7.55. The number of benzene rings is 2. The van der Waals surface area contributed by atoms with E-state index in [4.69, 9.17) is 15.4 Å². The van der Waals surface area contributed by atoms with Crippen LogP contribution in [0.25, 0.3) is 21.9 Å². The van der Waals surface area contributed by atoms with Crippen LogP contribution in [0.5, 0.6) is 5.75 Å². The number of hydrogen-bond donors (Lipinski definition) is 1. The number of alkyl halides is 2. The fraction of sp³-hybridized carbons (Fsp3) is 0.222. The van der Waals surface area contributed by atoms with Gasteiger partial charge >= 0.3 is 6.61 Å². The molecule has 5 nitrogen and oxygen atoms in total. The van der Waals surface area contributed by atoms with Crippen molar-refractivity contribution < 1.29 is 22.7 Å². The van der Waals surface area contributed by atoms with Gasteiger partial charge in [0.1, 0.15) is 5.58 Å². The Morgan fingerprint density at radius 1 is 1.28 bits per heavy atom. The van der Waals surface area contributed by atoms with E-state index in [1.165, 1.54) is 6.07 Å². The van der Waals surface area contributed by atoms with Crippen LogP contribution in [-0.4, -0.2) is 12.5 Å². The molecule has 0 spiro atoms. The van der Waals surface area contributed by atoms with Crippen molar-refractivity contribution in [3.63, 3.8) is 0 Å². The predicted molar refractivity (Wildman–Crippen MR) is 87.1 cm³/mol. The number of hydrogen-bond acceptors (Lipinski definition) is 4. The van der Waals surface area contributed by atoms with Crippen LogP contribution < -0.4 is 10.5 Å². The summed E-state index contributed by atoms with van der Waals surface area (Å²) in [6.45, 7) is -3.00. The second-order valence-corrected chi connectivity index (χ2v) is 5.56. The molecule has 0 fully saturated rings. The minimum Gasteiger partial charge on any atom is -0.452 e. The number of amides is 1. The average molecular weight is 344 g/mol. The van der Waals surface area contributed by atoms with Gasteiger partial charge in [-0.05, 0) is 17.7 Å². The molecule has 0 saturated heterocycles. The van der Waals surface area contributed by atoms with E-state index in [1.54, 1.807) is 30.3 Å². The van der Waals surface area contributed by atoms with E-state index in [1.807, 2.05) is 6.07 Å². The summed E-state index contributed by atoms with van der Waals surface area (Å²) in [5, 5.41) is 10.3. The SMILES string of the molecule is N#CCC(CC(N)=O)c1ccc(OC(F)F)c2oc3ccccc3c12. The maximum Gasteiger partial charge on any atom is 0.387 e. The zero-order valence-electron chi connectivity index (χ0n) is 13.0. The van der Waals surface area contributed by atoms with Crippen LogP contribution in [0.1, 0.15) is 24.3 Å². The lowest BCUT2D eigenvalue weighted by atomic mass is 9.89. The van der Waals surface area contributed by atoms with Gasteiger partial charge in [-0.3, -0.25) is 4.79 Å². The molecule has 0 aliphatic heterocycles. The number of furan rings is 1. The fourth-order valence-electron chi connectivity index (χ4n) is 3.00. The Bertz CT molecular complexity index is 976. The number of rotatable bonds is 6. The minimum atomic E-state index is -3.00. The van der Waals surface area contributed by atoms with E-state index >= 15 is 0 Å². The zero-order chi connectivity index (χ0) is 18.0. The predicted octanol–water partition coefficient (Wildman–Crippen LogP) is 4.06. The van der Waals surface area contributed by atoms with E-state index in [-0.39, 0.29) is 24.2 Å². The molecule has 2 aromatic carbocycles. The maximum atomic E-state index is 12.7. The second-order valence-electron chi connectivity index (χ2n) is 5.56. The van der Waals surface area contributed by atoms with Gasteiger partial charge in [-0.1, -0.05) is 24.3 Å². The number of carbonyl (C=O) groups excluding carboxylic acids is 1. The molecule has 1 aromatic heterocycles. The minimum absolute atomic E-state index is 0.0305. The Morgan fingerprint density at radius 2 is 2.04 bits per heavy atom. The number of carbonyl (C=O) groups is 1. The fourth-order valence-corrected chi connectivity index (χ4v) is 3.00. The molecular formula is C18H14F2N2O3. The molecule has 2 N–H and O–H groups in total. The van der Waals surface area contributed by atoms with Crippen molar-refractivity contribution in [3.05, 3.63) is 42.0 Å². The number of nitriles is 1. The summed E-state index contributed by atoms with van der Waals surface area (Å²) in [5.74, 6) is -1.11. The maximum absolute atomic E-state index is 12.7. The second kappa shape index (κ2) is 6.77. The number of halogens is 2. The number of nitrogens with two attached hydrogens (primary N) is 1. The van der Waals surface area contributed by atoms with Crippen LogP contribution >= 0.6 is 0 Å². The van der Waals surface area contributed by atoms with Crippen molar-refractivity contribution in [1.29, 1.82) is 5.26 Å². The third kappa shape index (κ3) is 3.24. The Balaban J connectivity index is 2.28. The van der Waals surface area contributed by atoms with Crippen molar-refractivity contribution in [2.75, 3.05) is 0 Å². The topological polar surface area (TPSA) is 89.2 Å². The van der Waals surface area contributed by atoms with Crippen LogP contribution in [0.2, 0.25) is 0 Å². The molecule has 0 saturated carbocycles. The molecule has 25 heavy (non-hydrogen) atoms. The van der Waals surface area contributed by atoms with Crippen molar-refractivity contribution in [3.8, 4) is 11.8 Å². The lowest BCUT2D eigenvalue weighted by Crippen LogP contribution is -2.15. The lowest BCUT2D eigenvalue weighted by Gasteiger charge is -2.15. The molecule has 3 rings (SSSR count). The zero-order valence-corrected chi connectivity index (χ0v) is 13.0.